The third-order valence-corrected chi connectivity index (χ3v) is 3.41. The molecule has 0 amide bonds. The molecular formula is C12H14ClF2NO. The average molecular weight is 262 g/mol. The molecule has 1 aliphatic rings. The van der Waals surface area contributed by atoms with E-state index < -0.39 is 11.6 Å². The zero-order chi connectivity index (χ0) is 12.4. The molecule has 0 unspecified atom stereocenters. The van der Waals surface area contributed by atoms with Gasteiger partial charge >= 0.3 is 0 Å². The molecule has 2 nitrogen and oxygen atoms in total. The number of ether oxygens (including phenoxy) is 1. The van der Waals surface area contributed by atoms with Gasteiger partial charge in [-0.05, 0) is 43.5 Å². The molecule has 2 rings (SSSR count). The van der Waals surface area contributed by atoms with E-state index in [1.165, 1.54) is 13.2 Å². The van der Waals surface area contributed by atoms with Crippen molar-refractivity contribution in [3.63, 3.8) is 0 Å². The fourth-order valence-corrected chi connectivity index (χ4v) is 2.49. The summed E-state index contributed by atoms with van der Waals surface area (Å²) < 4.78 is 32.3. The minimum atomic E-state index is -0.992. The zero-order valence-corrected chi connectivity index (χ0v) is 10.3. The van der Waals surface area contributed by atoms with Crippen LogP contribution in [-0.4, -0.2) is 20.2 Å². The number of hydrogen-bond donors (Lipinski definition) is 1. The van der Waals surface area contributed by atoms with Crippen molar-refractivity contribution in [1.82, 2.24) is 5.32 Å². The van der Waals surface area contributed by atoms with E-state index in [1.807, 2.05) is 0 Å². The predicted octanol–water partition coefficient (Wildman–Crippen LogP) is 3.09. The number of hydrogen-bond acceptors (Lipinski definition) is 2. The van der Waals surface area contributed by atoms with E-state index in [-0.39, 0.29) is 16.7 Å². The first kappa shape index (κ1) is 12.6. The molecule has 1 fully saturated rings. The van der Waals surface area contributed by atoms with Gasteiger partial charge in [0.25, 0.3) is 0 Å². The second kappa shape index (κ2) is 5.19. The van der Waals surface area contributed by atoms with Crippen molar-refractivity contribution in [3.8, 4) is 5.75 Å². The molecule has 0 radical (unpaired) electrons. The highest BCUT2D eigenvalue weighted by molar-refractivity contribution is 6.32. The van der Waals surface area contributed by atoms with Gasteiger partial charge in [-0.15, -0.1) is 0 Å². The van der Waals surface area contributed by atoms with Crippen LogP contribution >= 0.6 is 11.6 Å². The van der Waals surface area contributed by atoms with Crippen molar-refractivity contribution in [1.29, 1.82) is 0 Å². The highest BCUT2D eigenvalue weighted by Crippen LogP contribution is 2.36. The monoisotopic (exact) mass is 261 g/mol. The molecule has 0 spiro atoms. The average Bonchev–Trinajstić information content (AvgIpc) is 2.35. The Morgan fingerprint density at radius 1 is 1.29 bits per heavy atom. The van der Waals surface area contributed by atoms with E-state index >= 15 is 0 Å². The van der Waals surface area contributed by atoms with Crippen molar-refractivity contribution >= 4 is 11.6 Å². The molecule has 0 aliphatic carbocycles. The van der Waals surface area contributed by atoms with Crippen LogP contribution in [0.4, 0.5) is 8.78 Å². The van der Waals surface area contributed by atoms with Crippen LogP contribution in [0.15, 0.2) is 6.07 Å². The molecule has 1 heterocycles. The highest BCUT2D eigenvalue weighted by Gasteiger charge is 2.24. The molecule has 1 aliphatic heterocycles. The molecule has 1 N–H and O–H groups in total. The summed E-state index contributed by atoms with van der Waals surface area (Å²) >= 11 is 5.88. The predicted molar refractivity (Wildman–Crippen MR) is 62.8 cm³/mol. The summed E-state index contributed by atoms with van der Waals surface area (Å²) in [5.74, 6) is -2.03. The second-order valence-electron chi connectivity index (χ2n) is 4.13. The maximum Gasteiger partial charge on any atom is 0.202 e. The molecule has 0 aromatic heterocycles. The molecule has 94 valence electrons. The second-order valence-corrected chi connectivity index (χ2v) is 4.54. The Bertz CT molecular complexity index is 419. The van der Waals surface area contributed by atoms with Gasteiger partial charge < -0.3 is 10.1 Å². The van der Waals surface area contributed by atoms with Crippen molar-refractivity contribution in [2.24, 2.45) is 0 Å². The van der Waals surface area contributed by atoms with Crippen molar-refractivity contribution in [2.75, 3.05) is 20.2 Å². The van der Waals surface area contributed by atoms with Crippen LogP contribution in [0, 0.1) is 11.6 Å². The van der Waals surface area contributed by atoms with Gasteiger partial charge in [-0.1, -0.05) is 11.6 Å². The van der Waals surface area contributed by atoms with Crippen LogP contribution < -0.4 is 10.1 Å². The van der Waals surface area contributed by atoms with Crippen LogP contribution in [0.5, 0.6) is 5.75 Å². The van der Waals surface area contributed by atoms with E-state index in [4.69, 9.17) is 16.3 Å². The quantitative estimate of drug-likeness (QED) is 0.826. The first-order valence-corrected chi connectivity index (χ1v) is 5.95. The number of halogens is 3. The fraction of sp³-hybridized carbons (Fsp3) is 0.500. The van der Waals surface area contributed by atoms with Gasteiger partial charge in [-0.3, -0.25) is 0 Å². The maximum absolute atomic E-state index is 13.9. The summed E-state index contributed by atoms with van der Waals surface area (Å²) in [7, 11) is 1.27. The van der Waals surface area contributed by atoms with Crippen molar-refractivity contribution in [3.05, 3.63) is 28.3 Å². The molecule has 1 saturated heterocycles. The van der Waals surface area contributed by atoms with Gasteiger partial charge in [0.15, 0.2) is 11.6 Å². The van der Waals surface area contributed by atoms with Gasteiger partial charge in [-0.2, -0.15) is 4.39 Å². The topological polar surface area (TPSA) is 21.3 Å². The van der Waals surface area contributed by atoms with Crippen LogP contribution in [-0.2, 0) is 0 Å². The number of rotatable bonds is 2. The lowest BCUT2D eigenvalue weighted by Crippen LogP contribution is -2.27. The summed E-state index contributed by atoms with van der Waals surface area (Å²) in [6.45, 7) is 1.63. The summed E-state index contributed by atoms with van der Waals surface area (Å²) in [4.78, 5) is 0. The van der Waals surface area contributed by atoms with Crippen LogP contribution in [0.2, 0.25) is 5.02 Å². The van der Waals surface area contributed by atoms with Crippen molar-refractivity contribution in [2.45, 2.75) is 18.8 Å². The van der Waals surface area contributed by atoms with Gasteiger partial charge in [0, 0.05) is 0 Å². The first-order chi connectivity index (χ1) is 8.15. The Labute approximate surface area is 104 Å². The highest BCUT2D eigenvalue weighted by atomic mass is 35.5. The largest absolute Gasteiger partial charge is 0.492 e. The Morgan fingerprint density at radius 3 is 2.53 bits per heavy atom. The maximum atomic E-state index is 13.9. The number of methoxy groups -OCH3 is 1. The summed E-state index contributed by atoms with van der Waals surface area (Å²) in [5.41, 5.74) is 0.356. The van der Waals surface area contributed by atoms with Gasteiger partial charge in [0.2, 0.25) is 5.82 Å². The normalized spacial score (nSPS) is 17.2. The Balaban J connectivity index is 2.40. The van der Waals surface area contributed by atoms with E-state index in [1.54, 1.807) is 0 Å². The van der Waals surface area contributed by atoms with Gasteiger partial charge in [-0.25, -0.2) is 4.39 Å². The summed E-state index contributed by atoms with van der Waals surface area (Å²) in [6, 6.07) is 1.48. The van der Waals surface area contributed by atoms with E-state index in [0.717, 1.165) is 25.9 Å². The third kappa shape index (κ3) is 2.38. The lowest BCUT2D eigenvalue weighted by molar-refractivity contribution is 0.365. The smallest absolute Gasteiger partial charge is 0.202 e. The Morgan fingerprint density at radius 2 is 1.94 bits per heavy atom. The molecule has 1 aromatic carbocycles. The van der Waals surface area contributed by atoms with E-state index in [0.29, 0.717) is 5.56 Å². The Kier molecular flexibility index (Phi) is 3.84. The molecule has 0 bridgehead atoms. The minimum absolute atomic E-state index is 0.0224. The first-order valence-electron chi connectivity index (χ1n) is 5.57. The summed E-state index contributed by atoms with van der Waals surface area (Å²) in [5, 5.41) is 3.31. The van der Waals surface area contributed by atoms with Crippen molar-refractivity contribution < 1.29 is 13.5 Å². The molecular weight excluding hydrogens is 248 g/mol. The minimum Gasteiger partial charge on any atom is -0.492 e. The molecule has 0 saturated carbocycles. The molecule has 1 aromatic rings. The van der Waals surface area contributed by atoms with E-state index in [9.17, 15) is 8.78 Å². The van der Waals surface area contributed by atoms with E-state index in [2.05, 4.69) is 5.32 Å². The molecule has 17 heavy (non-hydrogen) atoms. The lowest BCUT2D eigenvalue weighted by Gasteiger charge is -2.24. The third-order valence-electron chi connectivity index (χ3n) is 3.13. The molecule has 0 atom stereocenters. The zero-order valence-electron chi connectivity index (χ0n) is 9.53. The van der Waals surface area contributed by atoms with Crippen LogP contribution in [0.3, 0.4) is 0 Å². The SMILES string of the molecule is COc1c(Cl)cc(C2CCNCC2)c(F)c1F. The van der Waals surface area contributed by atoms with Crippen LogP contribution in [0.25, 0.3) is 0 Å². The van der Waals surface area contributed by atoms with Gasteiger partial charge in [0.1, 0.15) is 0 Å². The van der Waals surface area contributed by atoms with Crippen LogP contribution in [0.1, 0.15) is 24.3 Å². The number of benzene rings is 1. The number of piperidine rings is 1. The standard InChI is InChI=1S/C12H14ClF2NO/c1-17-12-9(13)6-8(10(14)11(12)15)7-2-4-16-5-3-7/h6-7,16H,2-5H2,1H3. The lowest BCUT2D eigenvalue weighted by atomic mass is 9.89. The summed E-state index contributed by atoms with van der Waals surface area (Å²) in [6.07, 6.45) is 1.58. The molecule has 5 heteroatoms. The Hall–Kier alpha value is -0.870. The number of nitrogens with one attached hydrogen (secondary N) is 1. The van der Waals surface area contributed by atoms with Gasteiger partial charge in [0.05, 0.1) is 12.1 Å². The fourth-order valence-electron chi connectivity index (χ4n) is 2.21.